The summed E-state index contributed by atoms with van der Waals surface area (Å²) in [5.74, 6) is 0. The quantitative estimate of drug-likeness (QED) is 0.765. The summed E-state index contributed by atoms with van der Waals surface area (Å²) in [5.41, 5.74) is 8.69. The number of ether oxygens (including phenoxy) is 1. The van der Waals surface area contributed by atoms with Crippen molar-refractivity contribution in [3.8, 4) is 0 Å². The van der Waals surface area contributed by atoms with Crippen molar-refractivity contribution in [2.24, 2.45) is 0 Å². The first-order valence-corrected chi connectivity index (χ1v) is 6.70. The number of alkyl carbamates (subject to hydrolysis) is 1. The minimum absolute atomic E-state index is 0.144. The summed E-state index contributed by atoms with van der Waals surface area (Å²) in [4.78, 5) is 11.7. The molecular weight excluding hydrogens is 240 g/mol. The SMILES string of the molecule is CC(C)(C)OC(=O)N[C@@H]1CCc2cc(N)ccc2C1. The fraction of sp³-hybridized carbons (Fsp3) is 0.533. The second kappa shape index (κ2) is 5.11. The number of fused-ring (bicyclic) bond motifs is 1. The molecule has 1 amide bonds. The molecule has 104 valence electrons. The van der Waals surface area contributed by atoms with Gasteiger partial charge in [0, 0.05) is 11.7 Å². The molecule has 0 fully saturated rings. The van der Waals surface area contributed by atoms with Gasteiger partial charge < -0.3 is 15.8 Å². The molecule has 19 heavy (non-hydrogen) atoms. The highest BCUT2D eigenvalue weighted by Crippen LogP contribution is 2.23. The van der Waals surface area contributed by atoms with Gasteiger partial charge in [-0.3, -0.25) is 0 Å². The lowest BCUT2D eigenvalue weighted by atomic mass is 9.88. The molecule has 0 saturated carbocycles. The van der Waals surface area contributed by atoms with Crippen molar-refractivity contribution in [1.29, 1.82) is 0 Å². The normalized spacial score (nSPS) is 18.6. The van der Waals surface area contributed by atoms with Crippen LogP contribution in [0, 0.1) is 0 Å². The minimum Gasteiger partial charge on any atom is -0.444 e. The van der Waals surface area contributed by atoms with Crippen molar-refractivity contribution in [2.75, 3.05) is 5.73 Å². The van der Waals surface area contributed by atoms with Crippen molar-refractivity contribution in [3.05, 3.63) is 29.3 Å². The number of hydrogen-bond acceptors (Lipinski definition) is 3. The molecule has 0 heterocycles. The molecule has 4 nitrogen and oxygen atoms in total. The summed E-state index contributed by atoms with van der Waals surface area (Å²) in [5, 5.41) is 2.94. The fourth-order valence-electron chi connectivity index (χ4n) is 2.37. The number of nitrogens with two attached hydrogens (primary N) is 1. The number of amides is 1. The third-order valence-corrected chi connectivity index (χ3v) is 3.18. The standard InChI is InChI=1S/C15H22N2O2/c1-15(2,3)19-14(18)17-13-7-5-10-8-12(16)6-4-11(10)9-13/h4,6,8,13H,5,7,9,16H2,1-3H3,(H,17,18)/t13-/m1/s1. The van der Waals surface area contributed by atoms with Gasteiger partial charge in [0.25, 0.3) is 0 Å². The van der Waals surface area contributed by atoms with Crippen molar-refractivity contribution in [2.45, 2.75) is 51.7 Å². The van der Waals surface area contributed by atoms with E-state index in [2.05, 4.69) is 5.32 Å². The lowest BCUT2D eigenvalue weighted by molar-refractivity contribution is 0.0500. The summed E-state index contributed by atoms with van der Waals surface area (Å²) in [6.07, 6.45) is 2.38. The van der Waals surface area contributed by atoms with E-state index in [1.165, 1.54) is 11.1 Å². The maximum atomic E-state index is 11.7. The second-order valence-electron chi connectivity index (χ2n) is 6.11. The van der Waals surface area contributed by atoms with Crippen LogP contribution < -0.4 is 11.1 Å². The third kappa shape index (κ3) is 3.88. The Hall–Kier alpha value is -1.71. The smallest absolute Gasteiger partial charge is 0.407 e. The molecule has 0 bridgehead atoms. The fourth-order valence-corrected chi connectivity index (χ4v) is 2.37. The van der Waals surface area contributed by atoms with Gasteiger partial charge in [0.1, 0.15) is 5.60 Å². The number of rotatable bonds is 1. The number of anilines is 1. The average molecular weight is 262 g/mol. The predicted molar refractivity (Wildman–Crippen MR) is 76.0 cm³/mol. The Morgan fingerprint density at radius 2 is 2.11 bits per heavy atom. The summed E-state index contributed by atoms with van der Waals surface area (Å²) in [6, 6.07) is 6.13. The molecule has 0 aliphatic heterocycles. The van der Waals surface area contributed by atoms with Crippen molar-refractivity contribution in [1.82, 2.24) is 5.32 Å². The van der Waals surface area contributed by atoms with Gasteiger partial charge >= 0.3 is 6.09 Å². The molecule has 0 saturated heterocycles. The highest BCUT2D eigenvalue weighted by molar-refractivity contribution is 5.68. The van der Waals surface area contributed by atoms with Crippen LogP contribution in [0.25, 0.3) is 0 Å². The van der Waals surface area contributed by atoms with E-state index >= 15 is 0 Å². The molecule has 0 aromatic heterocycles. The van der Waals surface area contributed by atoms with Gasteiger partial charge in [-0.2, -0.15) is 0 Å². The lowest BCUT2D eigenvalue weighted by Gasteiger charge is -2.27. The molecule has 1 aromatic carbocycles. The topological polar surface area (TPSA) is 64.3 Å². The number of hydrogen-bond donors (Lipinski definition) is 2. The Kier molecular flexibility index (Phi) is 3.69. The molecular formula is C15H22N2O2. The molecule has 3 N–H and O–H groups in total. The van der Waals surface area contributed by atoms with Crippen LogP contribution in [-0.2, 0) is 17.6 Å². The molecule has 0 radical (unpaired) electrons. The van der Waals surface area contributed by atoms with E-state index in [9.17, 15) is 4.79 Å². The van der Waals surface area contributed by atoms with E-state index in [4.69, 9.17) is 10.5 Å². The van der Waals surface area contributed by atoms with E-state index < -0.39 is 5.60 Å². The Morgan fingerprint density at radius 1 is 1.37 bits per heavy atom. The van der Waals surface area contributed by atoms with E-state index in [0.717, 1.165) is 24.9 Å². The molecule has 0 spiro atoms. The molecule has 2 rings (SSSR count). The van der Waals surface area contributed by atoms with Gasteiger partial charge in [0.2, 0.25) is 0 Å². The summed E-state index contributed by atoms with van der Waals surface area (Å²) >= 11 is 0. The van der Waals surface area contributed by atoms with Crippen LogP contribution in [0.4, 0.5) is 10.5 Å². The minimum atomic E-state index is -0.453. The number of benzene rings is 1. The van der Waals surface area contributed by atoms with Crippen LogP contribution in [0.5, 0.6) is 0 Å². The van der Waals surface area contributed by atoms with Crippen molar-refractivity contribution < 1.29 is 9.53 Å². The van der Waals surface area contributed by atoms with Gasteiger partial charge in [-0.25, -0.2) is 4.79 Å². The highest BCUT2D eigenvalue weighted by Gasteiger charge is 2.23. The lowest BCUT2D eigenvalue weighted by Crippen LogP contribution is -2.41. The van der Waals surface area contributed by atoms with Crippen LogP contribution >= 0.6 is 0 Å². The van der Waals surface area contributed by atoms with Gasteiger partial charge in [-0.15, -0.1) is 0 Å². The summed E-state index contributed by atoms with van der Waals surface area (Å²) < 4.78 is 5.28. The number of aryl methyl sites for hydroxylation is 1. The number of nitrogen functional groups attached to an aromatic ring is 1. The molecule has 1 aliphatic carbocycles. The van der Waals surface area contributed by atoms with Gasteiger partial charge in [0.15, 0.2) is 0 Å². The van der Waals surface area contributed by atoms with E-state index in [1.807, 2.05) is 39.0 Å². The van der Waals surface area contributed by atoms with E-state index in [-0.39, 0.29) is 12.1 Å². The highest BCUT2D eigenvalue weighted by atomic mass is 16.6. The van der Waals surface area contributed by atoms with E-state index in [0.29, 0.717) is 0 Å². The Balaban J connectivity index is 1.95. The van der Waals surface area contributed by atoms with Crippen LogP contribution in [0.3, 0.4) is 0 Å². The van der Waals surface area contributed by atoms with E-state index in [1.54, 1.807) is 0 Å². The number of carbonyl (C=O) groups excluding carboxylic acids is 1. The summed E-state index contributed by atoms with van der Waals surface area (Å²) in [6.45, 7) is 5.60. The first kappa shape index (κ1) is 13.7. The second-order valence-corrected chi connectivity index (χ2v) is 6.11. The average Bonchev–Trinajstić information content (AvgIpc) is 2.26. The van der Waals surface area contributed by atoms with Gasteiger partial charge in [0.05, 0.1) is 0 Å². The van der Waals surface area contributed by atoms with Crippen LogP contribution in [0.2, 0.25) is 0 Å². The van der Waals surface area contributed by atoms with Crippen molar-refractivity contribution in [3.63, 3.8) is 0 Å². The Bertz CT molecular complexity index is 478. The van der Waals surface area contributed by atoms with Crippen molar-refractivity contribution >= 4 is 11.8 Å². The molecule has 1 atom stereocenters. The first-order valence-electron chi connectivity index (χ1n) is 6.70. The zero-order valence-electron chi connectivity index (χ0n) is 11.8. The summed E-state index contributed by atoms with van der Waals surface area (Å²) in [7, 11) is 0. The Morgan fingerprint density at radius 3 is 2.79 bits per heavy atom. The third-order valence-electron chi connectivity index (χ3n) is 3.18. The molecule has 0 unspecified atom stereocenters. The van der Waals surface area contributed by atoms with Crippen LogP contribution in [0.15, 0.2) is 18.2 Å². The van der Waals surface area contributed by atoms with Crippen LogP contribution in [-0.4, -0.2) is 17.7 Å². The van der Waals surface area contributed by atoms with Gasteiger partial charge in [-0.05, 0) is 63.3 Å². The van der Waals surface area contributed by atoms with Crippen LogP contribution in [0.1, 0.15) is 38.3 Å². The molecule has 1 aromatic rings. The zero-order valence-corrected chi connectivity index (χ0v) is 11.8. The number of nitrogens with one attached hydrogen (secondary N) is 1. The molecule has 1 aliphatic rings. The largest absolute Gasteiger partial charge is 0.444 e. The zero-order chi connectivity index (χ0) is 14.0. The predicted octanol–water partition coefficient (Wildman–Crippen LogP) is 2.65. The maximum absolute atomic E-state index is 11.7. The number of carbonyl (C=O) groups is 1. The monoisotopic (exact) mass is 262 g/mol. The Labute approximate surface area is 114 Å². The maximum Gasteiger partial charge on any atom is 0.407 e. The van der Waals surface area contributed by atoms with Gasteiger partial charge in [-0.1, -0.05) is 6.07 Å². The molecule has 4 heteroatoms. The first-order chi connectivity index (χ1) is 8.83.